The molecule has 10 aliphatic carbocycles. The quantitative estimate of drug-likeness (QED) is 0.202. The SMILES string of the molecule is C1=CC2C3C=CC(C3)C2C1.C1=CCC=C1.C=C.C=C.CC1=C(C)C2C=CC1C2.CC1=C(C)C2CC1C1C3C=CC(C3)C21.[2HH].[2HH]. The van der Waals surface area contributed by atoms with Crippen molar-refractivity contribution in [2.24, 2.45) is 71.0 Å². The number of hydrogen-bond acceptors (Lipinski definition) is 0. The Kier molecular flexibility index (Phi) is 9.81. The standard InChI is InChI=1S/C14H18.C10H12.C9H12.C5H6.2C2H4.2H2/c1-7-8(2)12-6-11(7)13-9-3-4-10(5-9)14(12)13;1-2-9-7-4-5-8(6-7)10(9)3-1;1-6-7(2)9-4-3-8(6)5-9;1-2-4-5-3-1;2*1-2;;/h3-4,9-14H,5-6H2,1-2H3;1-2,4-5,7-10H,3,6H2;3-4,8-9H,5H2,1-2H3;1-4H,5H2;2*1-2H2;2*1H/i;;;;;;2*1+1. The van der Waals surface area contributed by atoms with Gasteiger partial charge in [0.15, 0.2) is 0 Å². The van der Waals surface area contributed by atoms with E-state index < -0.39 is 0 Å². The third-order valence-electron chi connectivity index (χ3n) is 12.7. The molecule has 12 atom stereocenters. The lowest BCUT2D eigenvalue weighted by Crippen LogP contribution is -2.26. The Hall–Kier alpha value is -2.60. The van der Waals surface area contributed by atoms with Gasteiger partial charge in [0.1, 0.15) is 0 Å². The summed E-state index contributed by atoms with van der Waals surface area (Å²) in [6, 6.07) is 0. The van der Waals surface area contributed by atoms with Crippen LogP contribution >= 0.6 is 0 Å². The molecule has 10 rings (SSSR count). The van der Waals surface area contributed by atoms with Gasteiger partial charge in [-0.05, 0) is 137 Å². The average Bonchev–Trinajstić information content (AvgIpc) is 3.87. The molecule has 228 valence electrons. The Morgan fingerprint density at radius 3 is 1.48 bits per heavy atom. The normalized spacial score (nSPS) is 42.8. The highest BCUT2D eigenvalue weighted by Crippen LogP contribution is 2.66. The fourth-order valence-electron chi connectivity index (χ4n) is 10.4. The zero-order chi connectivity index (χ0) is 30.0. The Morgan fingerprint density at radius 1 is 0.524 bits per heavy atom. The van der Waals surface area contributed by atoms with Crippen molar-refractivity contribution in [1.29, 1.82) is 0 Å². The van der Waals surface area contributed by atoms with Crippen LogP contribution in [-0.4, -0.2) is 0 Å². The Bertz CT molecular complexity index is 1170. The van der Waals surface area contributed by atoms with Crippen molar-refractivity contribution in [2.75, 3.05) is 0 Å². The predicted molar refractivity (Wildman–Crippen MR) is 188 cm³/mol. The van der Waals surface area contributed by atoms with Gasteiger partial charge < -0.3 is 0 Å². The zero-order valence-corrected chi connectivity index (χ0v) is 26.9. The van der Waals surface area contributed by atoms with E-state index in [9.17, 15) is 0 Å². The van der Waals surface area contributed by atoms with Gasteiger partial charge in [0.2, 0.25) is 0 Å². The minimum atomic E-state index is 0. The second-order valence-electron chi connectivity index (χ2n) is 14.1. The van der Waals surface area contributed by atoms with Crippen LogP contribution in [0.2, 0.25) is 0 Å². The molecular weight excluding hydrogens is 504 g/mol. The molecule has 0 heteroatoms. The first kappa shape index (κ1) is 30.8. The maximum atomic E-state index is 3.00. The molecule has 3 saturated carbocycles. The van der Waals surface area contributed by atoms with Crippen LogP contribution in [0.5, 0.6) is 0 Å². The molecule has 0 nitrogen and oxygen atoms in total. The molecule has 0 spiro atoms. The molecule has 0 amide bonds. The Balaban J connectivity index is 0.000000159. The molecule has 0 aromatic rings. The van der Waals surface area contributed by atoms with Gasteiger partial charge in [-0.25, -0.2) is 0 Å². The van der Waals surface area contributed by atoms with Crippen molar-refractivity contribution in [3.05, 3.63) is 122 Å². The van der Waals surface area contributed by atoms with E-state index in [0.29, 0.717) is 0 Å². The Labute approximate surface area is 261 Å². The molecule has 0 aliphatic heterocycles. The van der Waals surface area contributed by atoms with Crippen molar-refractivity contribution in [3.8, 4) is 0 Å². The van der Waals surface area contributed by atoms with Crippen LogP contribution in [0.25, 0.3) is 0 Å². The van der Waals surface area contributed by atoms with E-state index in [1.165, 1.54) is 32.1 Å². The van der Waals surface area contributed by atoms with E-state index in [1.54, 1.807) is 22.3 Å². The molecule has 10 aliphatic rings. The highest BCUT2D eigenvalue weighted by Gasteiger charge is 2.59. The molecule has 12 unspecified atom stereocenters. The minimum absolute atomic E-state index is 0. The predicted octanol–water partition coefficient (Wildman–Crippen LogP) is 11.9. The lowest BCUT2D eigenvalue weighted by atomic mass is 9.71. The number of hydrogen-bond donors (Lipinski definition) is 0. The van der Waals surface area contributed by atoms with Crippen molar-refractivity contribution in [3.63, 3.8) is 0 Å². The summed E-state index contributed by atoms with van der Waals surface area (Å²) in [5.41, 5.74) is 6.78. The number of rotatable bonds is 0. The lowest BCUT2D eigenvalue weighted by Gasteiger charge is -2.33. The summed E-state index contributed by atoms with van der Waals surface area (Å²) in [5, 5.41) is 0. The molecule has 42 heavy (non-hydrogen) atoms. The lowest BCUT2D eigenvalue weighted by molar-refractivity contribution is 0.273. The monoisotopic (exact) mass is 566 g/mol. The average molecular weight is 567 g/mol. The first-order valence-electron chi connectivity index (χ1n) is 16.9. The summed E-state index contributed by atoms with van der Waals surface area (Å²) in [4.78, 5) is 0. The highest BCUT2D eigenvalue weighted by atomic mass is 14.6. The third kappa shape index (κ3) is 5.44. The van der Waals surface area contributed by atoms with Crippen LogP contribution < -0.4 is 0 Å². The van der Waals surface area contributed by atoms with Crippen molar-refractivity contribution in [1.82, 2.24) is 0 Å². The highest BCUT2D eigenvalue weighted by molar-refractivity contribution is 5.36. The largest absolute Gasteiger partial charge is 0.106 e. The second-order valence-corrected chi connectivity index (χ2v) is 14.1. The van der Waals surface area contributed by atoms with Gasteiger partial charge in [-0.15, -0.1) is 26.3 Å². The van der Waals surface area contributed by atoms with Crippen LogP contribution in [0.1, 0.15) is 69.1 Å². The Morgan fingerprint density at radius 2 is 1.02 bits per heavy atom. The summed E-state index contributed by atoms with van der Waals surface area (Å²) >= 11 is 0. The van der Waals surface area contributed by atoms with Crippen LogP contribution in [0.4, 0.5) is 0 Å². The maximum absolute atomic E-state index is 3.00. The van der Waals surface area contributed by atoms with Crippen molar-refractivity contribution in [2.45, 2.75) is 66.2 Å². The zero-order valence-electron chi connectivity index (χ0n) is 26.9. The van der Waals surface area contributed by atoms with Gasteiger partial charge in [0.25, 0.3) is 0 Å². The molecule has 8 bridgehead atoms. The van der Waals surface area contributed by atoms with E-state index in [2.05, 4.69) is 127 Å². The van der Waals surface area contributed by atoms with Crippen LogP contribution in [-0.2, 0) is 0 Å². The van der Waals surface area contributed by atoms with E-state index in [0.717, 1.165) is 77.4 Å². The first-order chi connectivity index (χ1) is 20.5. The third-order valence-corrected chi connectivity index (χ3v) is 12.7. The first-order valence-corrected chi connectivity index (χ1v) is 16.9. The van der Waals surface area contributed by atoms with E-state index in [4.69, 9.17) is 0 Å². The topological polar surface area (TPSA) is 0 Å². The van der Waals surface area contributed by atoms with E-state index >= 15 is 0 Å². The molecule has 3 fully saturated rings. The summed E-state index contributed by atoms with van der Waals surface area (Å²) in [5.74, 6) is 11.4. The van der Waals surface area contributed by atoms with Gasteiger partial charge in [-0.2, -0.15) is 0 Å². The molecule has 0 aromatic heterocycles. The fourth-order valence-corrected chi connectivity index (χ4v) is 10.4. The second kappa shape index (κ2) is 13.4. The van der Waals surface area contributed by atoms with E-state index in [-0.39, 0.29) is 2.85 Å². The summed E-state index contributed by atoms with van der Waals surface area (Å²) in [7, 11) is 0. The molecule has 0 heterocycles. The van der Waals surface area contributed by atoms with Gasteiger partial charge in [0, 0.05) is 2.85 Å². The smallest absolute Gasteiger partial charge is 0 e. The van der Waals surface area contributed by atoms with Crippen molar-refractivity contribution < 1.29 is 2.85 Å². The van der Waals surface area contributed by atoms with Gasteiger partial charge in [0.05, 0.1) is 0 Å². The number of fused-ring (bicyclic) bond motifs is 16. The van der Waals surface area contributed by atoms with Crippen molar-refractivity contribution >= 4 is 0 Å². The fraction of sp³-hybridized carbons (Fsp3) is 0.524. The number of allylic oxidation sites excluding steroid dienone is 16. The molecule has 0 aromatic carbocycles. The van der Waals surface area contributed by atoms with Gasteiger partial charge >= 0.3 is 0 Å². The van der Waals surface area contributed by atoms with Crippen LogP contribution in [0.3, 0.4) is 0 Å². The maximum Gasteiger partial charge on any atom is 0 e. The van der Waals surface area contributed by atoms with Gasteiger partial charge in [-0.3, -0.25) is 0 Å². The summed E-state index contributed by atoms with van der Waals surface area (Å²) in [6.45, 7) is 21.3. The minimum Gasteiger partial charge on any atom is -0.106 e. The van der Waals surface area contributed by atoms with E-state index in [1.807, 2.05) is 0 Å². The molecular formula is C42H60. The van der Waals surface area contributed by atoms with Crippen LogP contribution in [0.15, 0.2) is 122 Å². The summed E-state index contributed by atoms with van der Waals surface area (Å²) in [6.07, 6.45) is 36.1. The van der Waals surface area contributed by atoms with Gasteiger partial charge in [-0.1, -0.05) is 95.2 Å². The summed E-state index contributed by atoms with van der Waals surface area (Å²) < 4.78 is 0. The van der Waals surface area contributed by atoms with Crippen LogP contribution in [0, 0.1) is 71.0 Å². The molecule has 0 saturated heterocycles. The molecule has 0 radical (unpaired) electrons. The molecule has 0 N–H and O–H groups in total.